The number of hydrogen-bond donors (Lipinski definition) is 0. The molecule has 3 nitrogen and oxygen atoms in total. The molecule has 42 heavy (non-hydrogen) atoms. The molecule has 0 saturated heterocycles. The second-order valence-corrected chi connectivity index (χ2v) is 12.2. The van der Waals surface area contributed by atoms with Gasteiger partial charge in [-0.1, -0.05) is 110 Å². The van der Waals surface area contributed by atoms with E-state index in [-0.39, 0.29) is 11.5 Å². The summed E-state index contributed by atoms with van der Waals surface area (Å²) in [5.74, 6) is 1.68. The molecule has 3 atom stereocenters. The van der Waals surface area contributed by atoms with E-state index in [0.717, 1.165) is 39.7 Å². The Morgan fingerprint density at radius 3 is 2.43 bits per heavy atom. The minimum absolute atomic E-state index is 0.200. The first-order chi connectivity index (χ1) is 20.6. The highest BCUT2D eigenvalue weighted by molar-refractivity contribution is 6.37. The van der Waals surface area contributed by atoms with Crippen LogP contribution in [0.1, 0.15) is 20.3 Å². The zero-order valence-corrected chi connectivity index (χ0v) is 23.7. The number of dihydropyridines is 1. The molecule has 6 aromatic rings. The number of nitrogens with zero attached hydrogens (tertiary/aromatic N) is 2. The highest BCUT2D eigenvalue weighted by Crippen LogP contribution is 2.47. The number of aromatic nitrogens is 1. The quantitative estimate of drug-likeness (QED) is 0.203. The minimum atomic E-state index is -0.389. The predicted molar refractivity (Wildman–Crippen MR) is 176 cm³/mol. The average Bonchev–Trinajstić information content (AvgIpc) is 3.58. The molecule has 0 fully saturated rings. The van der Waals surface area contributed by atoms with Crippen LogP contribution in [0.15, 0.2) is 142 Å². The number of furan rings is 1. The van der Waals surface area contributed by atoms with E-state index in [0.29, 0.717) is 5.92 Å². The molecule has 9 rings (SSSR count). The van der Waals surface area contributed by atoms with E-state index >= 15 is 0 Å². The molecule has 3 heteroatoms. The number of benzene rings is 4. The van der Waals surface area contributed by atoms with E-state index in [1.54, 1.807) is 0 Å². The van der Waals surface area contributed by atoms with Crippen molar-refractivity contribution in [3.8, 4) is 0 Å². The third-order valence-corrected chi connectivity index (χ3v) is 9.62. The first-order valence-corrected chi connectivity index (χ1v) is 14.9. The van der Waals surface area contributed by atoms with Gasteiger partial charge in [0, 0.05) is 38.2 Å². The zero-order valence-electron chi connectivity index (χ0n) is 23.7. The number of fused-ring (bicyclic) bond motifs is 11. The summed E-state index contributed by atoms with van der Waals surface area (Å²) in [6, 6.07) is 25.9. The van der Waals surface area contributed by atoms with Gasteiger partial charge >= 0.3 is 0 Å². The van der Waals surface area contributed by atoms with Gasteiger partial charge in [0.15, 0.2) is 0 Å². The van der Waals surface area contributed by atoms with Crippen LogP contribution >= 0.6 is 0 Å². The van der Waals surface area contributed by atoms with Crippen molar-refractivity contribution in [1.29, 1.82) is 0 Å². The molecule has 0 saturated carbocycles. The van der Waals surface area contributed by atoms with Crippen LogP contribution < -0.4 is 0 Å². The number of rotatable bonds is 1. The summed E-state index contributed by atoms with van der Waals surface area (Å²) in [5.41, 5.74) is 6.51. The molecule has 0 amide bonds. The molecule has 1 aliphatic heterocycles. The van der Waals surface area contributed by atoms with E-state index < -0.39 is 0 Å². The third-order valence-electron chi connectivity index (χ3n) is 9.62. The Balaban J connectivity index is 1.46. The second kappa shape index (κ2) is 8.56. The standard InChI is InChI=1S/C39H30N2O/c1-24-12-11-14-26(22-24)39(2)31-19-8-3-13-25(31)23-34(40-39)41-32-20-9-6-17-29(32)35-36-30-18-7-10-21-33(30)42-38(36)28-16-5-4-15-27(28)37(35)41/h3-21,23-24,31H,22H2,1-2H3. The minimum Gasteiger partial charge on any atom is -0.455 e. The van der Waals surface area contributed by atoms with Gasteiger partial charge in [0.05, 0.1) is 16.6 Å². The summed E-state index contributed by atoms with van der Waals surface area (Å²) in [5, 5.41) is 7.06. The number of hydrogen-bond acceptors (Lipinski definition) is 2. The van der Waals surface area contributed by atoms with Crippen LogP contribution in [-0.2, 0) is 0 Å². The van der Waals surface area contributed by atoms with Gasteiger partial charge in [-0.25, -0.2) is 0 Å². The van der Waals surface area contributed by atoms with E-state index in [2.05, 4.69) is 140 Å². The fourth-order valence-corrected chi connectivity index (χ4v) is 7.66. The van der Waals surface area contributed by atoms with E-state index in [9.17, 15) is 0 Å². The molecule has 3 heterocycles. The number of para-hydroxylation sites is 2. The zero-order chi connectivity index (χ0) is 28.0. The topological polar surface area (TPSA) is 30.4 Å². The molecule has 3 aliphatic rings. The Morgan fingerprint density at radius 2 is 1.57 bits per heavy atom. The summed E-state index contributed by atoms with van der Waals surface area (Å²) >= 11 is 0. The Hall–Kier alpha value is -4.89. The van der Waals surface area contributed by atoms with Crippen LogP contribution in [0.2, 0.25) is 0 Å². The largest absolute Gasteiger partial charge is 0.455 e. The molecule has 0 N–H and O–H groups in total. The maximum atomic E-state index is 6.59. The van der Waals surface area contributed by atoms with Gasteiger partial charge in [0.25, 0.3) is 0 Å². The van der Waals surface area contributed by atoms with Crippen molar-refractivity contribution in [3.05, 3.63) is 133 Å². The SMILES string of the molecule is CC1C=CC=C(C2(C)N=C(n3c4ccccc4c4c5c6ccccc6oc5c5ccccc5c43)C=C3C=CC=CC32)C1. The normalized spacial score (nSPS) is 23.6. The van der Waals surface area contributed by atoms with Gasteiger partial charge in [-0.2, -0.15) is 0 Å². The van der Waals surface area contributed by atoms with Crippen molar-refractivity contribution in [1.82, 2.24) is 4.57 Å². The molecule has 3 unspecified atom stereocenters. The van der Waals surface area contributed by atoms with Gasteiger partial charge in [-0.3, -0.25) is 9.56 Å². The molecular formula is C39H30N2O. The van der Waals surface area contributed by atoms with Crippen LogP contribution in [0.25, 0.3) is 54.5 Å². The highest BCUT2D eigenvalue weighted by Gasteiger charge is 2.42. The highest BCUT2D eigenvalue weighted by atomic mass is 16.3. The molecule has 4 aromatic carbocycles. The summed E-state index contributed by atoms with van der Waals surface area (Å²) < 4.78 is 9.01. The number of aliphatic imine (C=N–C) groups is 1. The Labute approximate surface area is 244 Å². The molecule has 0 spiro atoms. The van der Waals surface area contributed by atoms with Gasteiger partial charge in [0.1, 0.15) is 17.0 Å². The Morgan fingerprint density at radius 1 is 0.810 bits per heavy atom. The van der Waals surface area contributed by atoms with Gasteiger partial charge in [0.2, 0.25) is 0 Å². The fourth-order valence-electron chi connectivity index (χ4n) is 7.66. The maximum absolute atomic E-state index is 6.59. The number of allylic oxidation sites excluding steroid dienone is 7. The van der Waals surface area contributed by atoms with Crippen LogP contribution in [0, 0.1) is 11.8 Å². The summed E-state index contributed by atoms with van der Waals surface area (Å²) in [4.78, 5) is 5.73. The smallest absolute Gasteiger partial charge is 0.144 e. The Kier molecular flexibility index (Phi) is 4.85. The van der Waals surface area contributed by atoms with Crippen LogP contribution in [0.5, 0.6) is 0 Å². The first-order valence-electron chi connectivity index (χ1n) is 14.9. The van der Waals surface area contributed by atoms with Crippen molar-refractivity contribution in [2.75, 3.05) is 0 Å². The van der Waals surface area contributed by atoms with Crippen LogP contribution in [-0.4, -0.2) is 15.9 Å². The molecule has 202 valence electrons. The fraction of sp³-hybridized carbons (Fsp3) is 0.154. The monoisotopic (exact) mass is 542 g/mol. The van der Waals surface area contributed by atoms with Crippen LogP contribution in [0.4, 0.5) is 0 Å². The lowest BCUT2D eigenvalue weighted by Gasteiger charge is -2.41. The molecule has 2 aromatic heterocycles. The van der Waals surface area contributed by atoms with Crippen molar-refractivity contribution < 1.29 is 4.42 Å². The molecule has 2 aliphatic carbocycles. The lowest BCUT2D eigenvalue weighted by Crippen LogP contribution is -2.41. The summed E-state index contributed by atoms with van der Waals surface area (Å²) in [6.45, 7) is 4.63. The second-order valence-electron chi connectivity index (χ2n) is 12.2. The third kappa shape index (κ3) is 3.14. The van der Waals surface area contributed by atoms with Crippen molar-refractivity contribution in [2.45, 2.75) is 25.8 Å². The first kappa shape index (κ1) is 23.8. The summed E-state index contributed by atoms with van der Waals surface area (Å²) in [7, 11) is 0. The van der Waals surface area contributed by atoms with Crippen molar-refractivity contribution >= 4 is 60.4 Å². The van der Waals surface area contributed by atoms with Crippen molar-refractivity contribution in [2.24, 2.45) is 16.8 Å². The predicted octanol–water partition coefficient (Wildman–Crippen LogP) is 10.1. The van der Waals surface area contributed by atoms with Crippen molar-refractivity contribution in [3.63, 3.8) is 0 Å². The lowest BCUT2D eigenvalue weighted by molar-refractivity contribution is 0.426. The van der Waals surface area contributed by atoms with E-state index in [4.69, 9.17) is 9.41 Å². The average molecular weight is 543 g/mol. The summed E-state index contributed by atoms with van der Waals surface area (Å²) in [6.07, 6.45) is 19.1. The lowest BCUT2D eigenvalue weighted by atomic mass is 9.69. The van der Waals surface area contributed by atoms with E-state index in [1.165, 1.54) is 38.2 Å². The Bertz CT molecular complexity index is 2310. The van der Waals surface area contributed by atoms with Gasteiger partial charge < -0.3 is 4.42 Å². The van der Waals surface area contributed by atoms with Gasteiger partial charge in [-0.05, 0) is 48.6 Å². The molecular weight excluding hydrogens is 512 g/mol. The van der Waals surface area contributed by atoms with Crippen LogP contribution in [0.3, 0.4) is 0 Å². The van der Waals surface area contributed by atoms with Gasteiger partial charge in [-0.15, -0.1) is 0 Å². The molecule has 0 bridgehead atoms. The maximum Gasteiger partial charge on any atom is 0.144 e. The molecule has 0 radical (unpaired) electrons. The van der Waals surface area contributed by atoms with E-state index in [1.807, 2.05) is 0 Å².